The molecule has 2 aromatic carbocycles. The monoisotopic (exact) mass is 394 g/mol. The molecule has 0 bridgehead atoms. The van der Waals surface area contributed by atoms with Gasteiger partial charge in [-0.1, -0.05) is 18.2 Å². The van der Waals surface area contributed by atoms with Crippen molar-refractivity contribution in [2.75, 3.05) is 11.9 Å². The highest BCUT2D eigenvalue weighted by atomic mass is 32.1. The number of amides is 2. The summed E-state index contributed by atoms with van der Waals surface area (Å²) >= 11 is 1.38. The molecule has 0 aliphatic heterocycles. The molecule has 2 amide bonds. The van der Waals surface area contributed by atoms with E-state index in [4.69, 9.17) is 4.74 Å². The van der Waals surface area contributed by atoms with Gasteiger partial charge in [-0.05, 0) is 67.3 Å². The van der Waals surface area contributed by atoms with Gasteiger partial charge in [0.15, 0.2) is 0 Å². The molecule has 0 spiro atoms. The predicted octanol–water partition coefficient (Wildman–Crippen LogP) is 4.89. The molecule has 1 aromatic heterocycles. The Morgan fingerprint density at radius 1 is 1.04 bits per heavy atom. The standard InChI is InChI=1S/C22H22N2O3S/c1-3-27-19-7-4-6-17(14-19)15(2)23-21(25)16-9-11-18(12-10-16)24-22(26)20-8-5-13-28-20/h4-15H,3H2,1-2H3,(H,23,25)(H,24,26). The molecule has 3 rings (SSSR count). The van der Waals surface area contributed by atoms with Crippen LogP contribution in [0.2, 0.25) is 0 Å². The van der Waals surface area contributed by atoms with Crippen molar-refractivity contribution in [2.45, 2.75) is 19.9 Å². The fourth-order valence-corrected chi connectivity index (χ4v) is 3.33. The smallest absolute Gasteiger partial charge is 0.265 e. The molecular formula is C22H22N2O3S. The van der Waals surface area contributed by atoms with Crippen LogP contribution < -0.4 is 15.4 Å². The first-order chi connectivity index (χ1) is 13.6. The molecule has 144 valence electrons. The summed E-state index contributed by atoms with van der Waals surface area (Å²) < 4.78 is 5.51. The number of carbonyl (C=O) groups is 2. The Balaban J connectivity index is 1.61. The summed E-state index contributed by atoms with van der Waals surface area (Å²) in [6.07, 6.45) is 0. The fourth-order valence-electron chi connectivity index (χ4n) is 2.71. The van der Waals surface area contributed by atoms with Gasteiger partial charge in [0.25, 0.3) is 11.8 Å². The lowest BCUT2D eigenvalue weighted by molar-refractivity contribution is 0.0939. The Morgan fingerprint density at radius 2 is 1.82 bits per heavy atom. The van der Waals surface area contributed by atoms with Crippen LogP contribution in [0.5, 0.6) is 5.75 Å². The van der Waals surface area contributed by atoms with Crippen LogP contribution in [-0.2, 0) is 0 Å². The van der Waals surface area contributed by atoms with Crippen LogP contribution in [0.4, 0.5) is 5.69 Å². The molecule has 1 heterocycles. The van der Waals surface area contributed by atoms with E-state index >= 15 is 0 Å². The summed E-state index contributed by atoms with van der Waals surface area (Å²) in [7, 11) is 0. The van der Waals surface area contributed by atoms with Gasteiger partial charge in [-0.2, -0.15) is 0 Å². The Labute approximate surface area is 168 Å². The van der Waals surface area contributed by atoms with Crippen LogP contribution in [0, 0.1) is 0 Å². The third-order valence-electron chi connectivity index (χ3n) is 4.17. The Morgan fingerprint density at radius 3 is 2.50 bits per heavy atom. The van der Waals surface area contributed by atoms with E-state index in [1.54, 1.807) is 30.3 Å². The average molecular weight is 394 g/mol. The van der Waals surface area contributed by atoms with Crippen LogP contribution in [-0.4, -0.2) is 18.4 Å². The third kappa shape index (κ3) is 4.98. The minimum absolute atomic E-state index is 0.157. The average Bonchev–Trinajstić information content (AvgIpc) is 3.24. The van der Waals surface area contributed by atoms with E-state index < -0.39 is 0 Å². The fraction of sp³-hybridized carbons (Fsp3) is 0.182. The SMILES string of the molecule is CCOc1cccc(C(C)NC(=O)c2ccc(NC(=O)c3cccs3)cc2)c1. The zero-order valence-electron chi connectivity index (χ0n) is 15.8. The van der Waals surface area contributed by atoms with E-state index in [-0.39, 0.29) is 17.9 Å². The lowest BCUT2D eigenvalue weighted by Crippen LogP contribution is -2.26. The maximum absolute atomic E-state index is 12.5. The normalized spacial score (nSPS) is 11.5. The lowest BCUT2D eigenvalue weighted by Gasteiger charge is -2.16. The van der Waals surface area contributed by atoms with Crippen molar-refractivity contribution in [1.29, 1.82) is 0 Å². The topological polar surface area (TPSA) is 67.4 Å². The summed E-state index contributed by atoms with van der Waals surface area (Å²) in [4.78, 5) is 25.3. The number of nitrogens with one attached hydrogen (secondary N) is 2. The van der Waals surface area contributed by atoms with Crippen molar-refractivity contribution < 1.29 is 14.3 Å². The van der Waals surface area contributed by atoms with Gasteiger partial charge in [-0.25, -0.2) is 0 Å². The van der Waals surface area contributed by atoms with Crippen molar-refractivity contribution in [1.82, 2.24) is 5.32 Å². The Kier molecular flexibility index (Phi) is 6.45. The van der Waals surface area contributed by atoms with E-state index in [2.05, 4.69) is 10.6 Å². The zero-order valence-corrected chi connectivity index (χ0v) is 16.6. The van der Waals surface area contributed by atoms with Crippen molar-refractivity contribution in [3.8, 4) is 5.75 Å². The van der Waals surface area contributed by atoms with Crippen molar-refractivity contribution >= 4 is 28.8 Å². The predicted molar refractivity (Wildman–Crippen MR) is 112 cm³/mol. The second-order valence-electron chi connectivity index (χ2n) is 6.21. The van der Waals surface area contributed by atoms with E-state index in [9.17, 15) is 9.59 Å². The van der Waals surface area contributed by atoms with Crippen molar-refractivity contribution in [2.24, 2.45) is 0 Å². The van der Waals surface area contributed by atoms with Crippen LogP contribution in [0.3, 0.4) is 0 Å². The maximum atomic E-state index is 12.5. The minimum Gasteiger partial charge on any atom is -0.494 e. The Bertz CT molecular complexity index is 937. The first kappa shape index (κ1) is 19.6. The summed E-state index contributed by atoms with van der Waals surface area (Å²) in [5, 5.41) is 7.66. The van der Waals surface area contributed by atoms with E-state index in [1.807, 2.05) is 49.6 Å². The molecule has 0 fully saturated rings. The zero-order chi connectivity index (χ0) is 19.9. The van der Waals surface area contributed by atoms with Gasteiger partial charge in [0.1, 0.15) is 5.75 Å². The molecule has 1 atom stereocenters. The lowest BCUT2D eigenvalue weighted by atomic mass is 10.1. The van der Waals surface area contributed by atoms with Crippen LogP contribution in [0.1, 0.15) is 45.5 Å². The van der Waals surface area contributed by atoms with Crippen molar-refractivity contribution in [3.63, 3.8) is 0 Å². The number of ether oxygens (including phenoxy) is 1. The highest BCUT2D eigenvalue weighted by Gasteiger charge is 2.13. The molecule has 5 nitrogen and oxygen atoms in total. The highest BCUT2D eigenvalue weighted by molar-refractivity contribution is 7.12. The van der Waals surface area contributed by atoms with Gasteiger partial charge in [-0.3, -0.25) is 9.59 Å². The summed E-state index contributed by atoms with van der Waals surface area (Å²) in [5.41, 5.74) is 2.15. The highest BCUT2D eigenvalue weighted by Crippen LogP contribution is 2.20. The number of thiophene rings is 1. The summed E-state index contributed by atoms with van der Waals surface area (Å²) in [6, 6.07) is 18.0. The molecule has 0 aliphatic rings. The number of carbonyl (C=O) groups excluding carboxylic acids is 2. The Hall–Kier alpha value is -3.12. The maximum Gasteiger partial charge on any atom is 0.265 e. The molecule has 28 heavy (non-hydrogen) atoms. The number of anilines is 1. The third-order valence-corrected chi connectivity index (χ3v) is 5.04. The molecule has 0 radical (unpaired) electrons. The van der Waals surface area contributed by atoms with Gasteiger partial charge < -0.3 is 15.4 Å². The number of benzene rings is 2. The van der Waals surface area contributed by atoms with Gasteiger partial charge in [0, 0.05) is 11.3 Å². The quantitative estimate of drug-likeness (QED) is 0.599. The van der Waals surface area contributed by atoms with Crippen LogP contribution in [0.25, 0.3) is 0 Å². The van der Waals surface area contributed by atoms with Crippen LogP contribution >= 0.6 is 11.3 Å². The largest absolute Gasteiger partial charge is 0.494 e. The molecular weight excluding hydrogens is 372 g/mol. The summed E-state index contributed by atoms with van der Waals surface area (Å²) in [5.74, 6) is 0.451. The second-order valence-corrected chi connectivity index (χ2v) is 7.16. The first-order valence-electron chi connectivity index (χ1n) is 9.05. The molecule has 1 unspecified atom stereocenters. The van der Waals surface area contributed by atoms with E-state index in [1.165, 1.54) is 11.3 Å². The number of hydrogen-bond acceptors (Lipinski definition) is 4. The molecule has 0 saturated heterocycles. The van der Waals surface area contributed by atoms with Gasteiger partial charge >= 0.3 is 0 Å². The van der Waals surface area contributed by atoms with Crippen LogP contribution in [0.15, 0.2) is 66.0 Å². The van der Waals surface area contributed by atoms with Gasteiger partial charge in [-0.15, -0.1) is 11.3 Å². The minimum atomic E-state index is -0.176. The van der Waals surface area contributed by atoms with Gasteiger partial charge in [0.05, 0.1) is 17.5 Å². The number of rotatable bonds is 7. The molecule has 6 heteroatoms. The van der Waals surface area contributed by atoms with E-state index in [0.717, 1.165) is 11.3 Å². The van der Waals surface area contributed by atoms with E-state index in [0.29, 0.717) is 22.7 Å². The number of hydrogen-bond donors (Lipinski definition) is 2. The molecule has 3 aromatic rings. The summed E-state index contributed by atoms with van der Waals surface area (Å²) in [6.45, 7) is 4.46. The molecule has 2 N–H and O–H groups in total. The van der Waals surface area contributed by atoms with Crippen molar-refractivity contribution in [3.05, 3.63) is 82.0 Å². The first-order valence-corrected chi connectivity index (χ1v) is 9.93. The second kappa shape index (κ2) is 9.19. The molecule has 0 saturated carbocycles. The van der Waals surface area contributed by atoms with Gasteiger partial charge in [0.2, 0.25) is 0 Å². The molecule has 0 aliphatic carbocycles.